The second kappa shape index (κ2) is 7.91. The summed E-state index contributed by atoms with van der Waals surface area (Å²) in [6.07, 6.45) is 6.07. The molecule has 0 aromatic heterocycles. The predicted molar refractivity (Wildman–Crippen MR) is 101 cm³/mol. The van der Waals surface area contributed by atoms with Gasteiger partial charge in [0.25, 0.3) is 0 Å². The molecule has 2 aromatic carbocycles. The van der Waals surface area contributed by atoms with Crippen LogP contribution in [0, 0.1) is 0 Å². The van der Waals surface area contributed by atoms with E-state index in [1.54, 1.807) is 48.6 Å². The maximum Gasteiger partial charge on any atom is 0.185 e. The Morgan fingerprint density at radius 3 is 1.42 bits per heavy atom. The summed E-state index contributed by atoms with van der Waals surface area (Å²) >= 11 is 12.4. The molecule has 0 saturated carbocycles. The molecule has 120 valence electrons. The average Bonchev–Trinajstić information content (AvgIpc) is 2.60. The summed E-state index contributed by atoms with van der Waals surface area (Å²) in [5, 5.41) is 0.905. The van der Waals surface area contributed by atoms with Gasteiger partial charge >= 0.3 is 0 Å². The Morgan fingerprint density at radius 2 is 1.12 bits per heavy atom. The van der Waals surface area contributed by atoms with Crippen molar-refractivity contribution < 1.29 is 9.59 Å². The topological polar surface area (TPSA) is 34.1 Å². The first-order valence-corrected chi connectivity index (χ1v) is 7.82. The normalized spacial score (nSPS) is 10.6. The van der Waals surface area contributed by atoms with E-state index in [0.717, 1.165) is 11.1 Å². The molecule has 2 aromatic rings. The lowest BCUT2D eigenvalue weighted by Gasteiger charge is -2.03. The zero-order valence-electron chi connectivity index (χ0n) is 12.8. The minimum Gasteiger partial charge on any atom is -0.289 e. The third-order valence-electron chi connectivity index (χ3n) is 3.38. The van der Waals surface area contributed by atoms with Crippen molar-refractivity contribution in [1.29, 1.82) is 0 Å². The maximum atomic E-state index is 11.6. The van der Waals surface area contributed by atoms with Crippen LogP contribution in [0.15, 0.2) is 61.7 Å². The molecule has 0 unspecified atom stereocenters. The summed E-state index contributed by atoms with van der Waals surface area (Å²) in [5.41, 5.74) is 2.47. The number of benzene rings is 2. The monoisotopic (exact) mass is 356 g/mol. The molecule has 0 heterocycles. The van der Waals surface area contributed by atoms with Gasteiger partial charge in [-0.2, -0.15) is 0 Å². The molecule has 0 fully saturated rings. The van der Waals surface area contributed by atoms with Crippen LogP contribution in [0.1, 0.15) is 31.8 Å². The highest BCUT2D eigenvalue weighted by Gasteiger charge is 2.06. The molecule has 0 bridgehead atoms. The molecule has 0 aliphatic carbocycles. The fourth-order valence-electron chi connectivity index (χ4n) is 2.05. The van der Waals surface area contributed by atoms with Gasteiger partial charge in [0.15, 0.2) is 11.6 Å². The molecule has 0 aliphatic rings. The van der Waals surface area contributed by atoms with E-state index in [9.17, 15) is 9.59 Å². The van der Waals surface area contributed by atoms with Gasteiger partial charge in [-0.3, -0.25) is 9.59 Å². The van der Waals surface area contributed by atoms with Crippen LogP contribution >= 0.6 is 23.2 Å². The van der Waals surface area contributed by atoms with E-state index in [0.29, 0.717) is 21.2 Å². The number of hydrogen-bond donors (Lipinski definition) is 0. The minimum absolute atomic E-state index is 0.182. The minimum atomic E-state index is -0.182. The Labute approximate surface area is 150 Å². The van der Waals surface area contributed by atoms with E-state index in [1.165, 1.54) is 12.2 Å². The van der Waals surface area contributed by atoms with Crippen LogP contribution < -0.4 is 0 Å². The first kappa shape index (κ1) is 17.9. The zero-order valence-corrected chi connectivity index (χ0v) is 14.3. The van der Waals surface area contributed by atoms with Crippen LogP contribution in [-0.4, -0.2) is 11.6 Å². The Morgan fingerprint density at radius 1 is 0.750 bits per heavy atom. The van der Waals surface area contributed by atoms with Gasteiger partial charge in [0.05, 0.1) is 0 Å². The quantitative estimate of drug-likeness (QED) is 0.366. The van der Waals surface area contributed by atoms with Gasteiger partial charge in [-0.15, -0.1) is 0 Å². The molecule has 0 amide bonds. The summed E-state index contributed by atoms with van der Waals surface area (Å²) in [6, 6.07) is 10.1. The first-order chi connectivity index (χ1) is 11.5. The Bertz CT molecular complexity index is 792. The molecule has 0 saturated heterocycles. The van der Waals surface area contributed by atoms with Crippen molar-refractivity contribution >= 4 is 46.9 Å². The van der Waals surface area contributed by atoms with Crippen molar-refractivity contribution in [3.05, 3.63) is 94.0 Å². The predicted octanol–water partition coefficient (Wildman–Crippen LogP) is 5.90. The van der Waals surface area contributed by atoms with Gasteiger partial charge in [0.1, 0.15) is 0 Å². The molecule has 0 spiro atoms. The average molecular weight is 357 g/mol. The lowest BCUT2D eigenvalue weighted by molar-refractivity contribution is 0.103. The summed E-state index contributed by atoms with van der Waals surface area (Å²) in [4.78, 5) is 23.1. The molecule has 0 N–H and O–H groups in total. The van der Waals surface area contributed by atoms with Crippen molar-refractivity contribution in [3.8, 4) is 0 Å². The molecule has 4 heteroatoms. The fourth-order valence-corrected chi connectivity index (χ4v) is 2.53. The van der Waals surface area contributed by atoms with E-state index < -0.39 is 0 Å². The lowest BCUT2D eigenvalue weighted by atomic mass is 10.1. The molecule has 0 aliphatic heterocycles. The van der Waals surface area contributed by atoms with Gasteiger partial charge in [0, 0.05) is 21.2 Å². The van der Waals surface area contributed by atoms with Crippen molar-refractivity contribution in [2.24, 2.45) is 0 Å². The first-order valence-electron chi connectivity index (χ1n) is 7.07. The van der Waals surface area contributed by atoms with Crippen molar-refractivity contribution in [3.63, 3.8) is 0 Å². The van der Waals surface area contributed by atoms with Crippen LogP contribution in [-0.2, 0) is 0 Å². The molecule has 0 radical (unpaired) electrons. The fraction of sp³-hybridized carbons (Fsp3) is 0. The van der Waals surface area contributed by atoms with E-state index >= 15 is 0 Å². The highest BCUT2D eigenvalue weighted by atomic mass is 35.5. The van der Waals surface area contributed by atoms with Gasteiger partial charge in [-0.1, -0.05) is 72.8 Å². The molecule has 0 atom stereocenters. The number of ketones is 2. The SMILES string of the molecule is C=CC(=O)c1ccc(/C=C/c2ccc(C(=O)C=C)cc2Cl)c(Cl)c1. The van der Waals surface area contributed by atoms with Gasteiger partial charge in [-0.05, 0) is 35.4 Å². The van der Waals surface area contributed by atoms with Gasteiger partial charge in [0.2, 0.25) is 0 Å². The second-order valence-corrected chi connectivity index (χ2v) is 5.76. The van der Waals surface area contributed by atoms with Crippen LogP contribution in [0.25, 0.3) is 12.2 Å². The number of allylic oxidation sites excluding steroid dienone is 2. The number of hydrogen-bond acceptors (Lipinski definition) is 2. The second-order valence-electron chi connectivity index (χ2n) is 4.94. The summed E-state index contributed by atoms with van der Waals surface area (Å²) in [6.45, 7) is 6.90. The lowest BCUT2D eigenvalue weighted by Crippen LogP contribution is -1.94. The maximum absolute atomic E-state index is 11.6. The van der Waals surface area contributed by atoms with E-state index in [-0.39, 0.29) is 11.6 Å². The summed E-state index contributed by atoms with van der Waals surface area (Å²) < 4.78 is 0. The third-order valence-corrected chi connectivity index (χ3v) is 4.04. The van der Waals surface area contributed by atoms with Crippen LogP contribution in [0.5, 0.6) is 0 Å². The molecular weight excluding hydrogens is 343 g/mol. The highest BCUT2D eigenvalue weighted by Crippen LogP contribution is 2.24. The van der Waals surface area contributed by atoms with Crippen LogP contribution in [0.3, 0.4) is 0 Å². The third kappa shape index (κ3) is 4.10. The molecule has 2 rings (SSSR count). The van der Waals surface area contributed by atoms with Crippen molar-refractivity contribution in [2.45, 2.75) is 0 Å². The van der Waals surface area contributed by atoms with E-state index in [4.69, 9.17) is 23.2 Å². The van der Waals surface area contributed by atoms with E-state index in [1.807, 2.05) is 0 Å². The van der Waals surface area contributed by atoms with Crippen LogP contribution in [0.4, 0.5) is 0 Å². The largest absolute Gasteiger partial charge is 0.289 e. The number of halogens is 2. The number of carbonyl (C=O) groups is 2. The molecule has 2 nitrogen and oxygen atoms in total. The standard InChI is InChI=1S/C20H14Cl2O2/c1-3-19(23)15-9-7-13(17(21)11-15)5-6-14-8-10-16(12-18(14)22)20(24)4-2/h3-12H,1-2H2/b6-5+. The summed E-state index contributed by atoms with van der Waals surface area (Å²) in [5.74, 6) is -0.365. The Kier molecular flexibility index (Phi) is 5.91. The summed E-state index contributed by atoms with van der Waals surface area (Å²) in [7, 11) is 0. The Balaban J connectivity index is 2.28. The zero-order chi connectivity index (χ0) is 17.7. The van der Waals surface area contributed by atoms with Gasteiger partial charge < -0.3 is 0 Å². The van der Waals surface area contributed by atoms with Crippen LogP contribution in [0.2, 0.25) is 10.0 Å². The number of carbonyl (C=O) groups excluding carboxylic acids is 2. The molecule has 24 heavy (non-hydrogen) atoms. The molecular formula is C20H14Cl2O2. The smallest absolute Gasteiger partial charge is 0.185 e. The van der Waals surface area contributed by atoms with Gasteiger partial charge in [-0.25, -0.2) is 0 Å². The van der Waals surface area contributed by atoms with Crippen molar-refractivity contribution in [2.75, 3.05) is 0 Å². The number of rotatable bonds is 6. The highest BCUT2D eigenvalue weighted by molar-refractivity contribution is 6.33. The Hall–Kier alpha value is -2.42. The van der Waals surface area contributed by atoms with E-state index in [2.05, 4.69) is 13.2 Å². The van der Waals surface area contributed by atoms with Crippen molar-refractivity contribution in [1.82, 2.24) is 0 Å².